The number of aryl methyl sites for hydroxylation is 1. The Kier molecular flexibility index (Phi) is 3.07. The standard InChI is InChI=1S/C12H10N4O3S/c1-7-14-8(6-20-7)5-13-12-15-10-3-2-9(16(17)18)4-11(10)19-12/h2-4,6H,5H2,1H3,(H,13,15). The number of anilines is 1. The van der Waals surface area contributed by atoms with Crippen LogP contribution in [0.15, 0.2) is 28.0 Å². The second kappa shape index (κ2) is 4.89. The molecule has 1 aromatic carbocycles. The fourth-order valence-electron chi connectivity index (χ4n) is 1.76. The summed E-state index contributed by atoms with van der Waals surface area (Å²) in [7, 11) is 0. The van der Waals surface area contributed by atoms with Crippen LogP contribution in [-0.4, -0.2) is 14.9 Å². The Labute approximate surface area is 117 Å². The van der Waals surface area contributed by atoms with E-state index in [0.717, 1.165) is 10.7 Å². The average molecular weight is 290 g/mol. The molecule has 0 aliphatic carbocycles. The molecule has 2 heterocycles. The summed E-state index contributed by atoms with van der Waals surface area (Å²) in [4.78, 5) is 18.7. The number of nitro benzene ring substituents is 1. The van der Waals surface area contributed by atoms with Gasteiger partial charge in [-0.1, -0.05) is 0 Å². The van der Waals surface area contributed by atoms with E-state index in [9.17, 15) is 10.1 Å². The first kappa shape index (κ1) is 12.5. The third-order valence-corrected chi connectivity index (χ3v) is 3.49. The number of benzene rings is 1. The highest BCUT2D eigenvalue weighted by molar-refractivity contribution is 7.09. The van der Waals surface area contributed by atoms with Gasteiger partial charge in [0, 0.05) is 11.4 Å². The number of nitro groups is 1. The van der Waals surface area contributed by atoms with Crippen molar-refractivity contribution in [3.63, 3.8) is 0 Å². The topological polar surface area (TPSA) is 94.1 Å². The maximum Gasteiger partial charge on any atom is 0.296 e. The average Bonchev–Trinajstić information content (AvgIpc) is 3.00. The predicted octanol–water partition coefficient (Wildman–Crippen LogP) is 3.11. The summed E-state index contributed by atoms with van der Waals surface area (Å²) in [6.45, 7) is 2.44. The molecular weight excluding hydrogens is 280 g/mol. The summed E-state index contributed by atoms with van der Waals surface area (Å²) in [6.07, 6.45) is 0. The monoisotopic (exact) mass is 290 g/mol. The van der Waals surface area contributed by atoms with Gasteiger partial charge in [-0.15, -0.1) is 11.3 Å². The quantitative estimate of drug-likeness (QED) is 0.586. The number of thiazole rings is 1. The van der Waals surface area contributed by atoms with Crippen LogP contribution in [0.1, 0.15) is 10.7 Å². The largest absolute Gasteiger partial charge is 0.423 e. The zero-order chi connectivity index (χ0) is 14.1. The van der Waals surface area contributed by atoms with E-state index in [4.69, 9.17) is 4.42 Å². The Morgan fingerprint density at radius 3 is 3.00 bits per heavy atom. The van der Waals surface area contributed by atoms with Gasteiger partial charge < -0.3 is 9.73 Å². The van der Waals surface area contributed by atoms with Gasteiger partial charge in [-0.25, -0.2) is 4.98 Å². The Bertz CT molecular complexity index is 780. The molecule has 2 aromatic heterocycles. The maximum absolute atomic E-state index is 10.7. The van der Waals surface area contributed by atoms with Crippen LogP contribution >= 0.6 is 11.3 Å². The van der Waals surface area contributed by atoms with Crippen LogP contribution in [-0.2, 0) is 6.54 Å². The smallest absolute Gasteiger partial charge is 0.296 e. The lowest BCUT2D eigenvalue weighted by Gasteiger charge is -1.96. The van der Waals surface area contributed by atoms with Gasteiger partial charge in [0.15, 0.2) is 5.58 Å². The van der Waals surface area contributed by atoms with Gasteiger partial charge in [-0.05, 0) is 13.0 Å². The minimum Gasteiger partial charge on any atom is -0.423 e. The first-order valence-electron chi connectivity index (χ1n) is 5.82. The van der Waals surface area contributed by atoms with Crippen LogP contribution in [0.4, 0.5) is 11.7 Å². The van der Waals surface area contributed by atoms with Gasteiger partial charge in [0.25, 0.3) is 11.7 Å². The minimum atomic E-state index is -0.465. The second-order valence-corrected chi connectivity index (χ2v) is 5.20. The molecule has 0 aliphatic heterocycles. The van der Waals surface area contributed by atoms with E-state index in [0.29, 0.717) is 23.7 Å². The lowest BCUT2D eigenvalue weighted by atomic mass is 10.3. The molecule has 0 radical (unpaired) electrons. The number of fused-ring (bicyclic) bond motifs is 1. The van der Waals surface area contributed by atoms with Crippen molar-refractivity contribution in [1.82, 2.24) is 9.97 Å². The van der Waals surface area contributed by atoms with Crippen molar-refractivity contribution in [3.05, 3.63) is 44.4 Å². The highest BCUT2D eigenvalue weighted by Gasteiger charge is 2.11. The van der Waals surface area contributed by atoms with Crippen LogP contribution in [0.2, 0.25) is 0 Å². The molecule has 0 spiro atoms. The van der Waals surface area contributed by atoms with E-state index >= 15 is 0 Å². The van der Waals surface area contributed by atoms with Crippen molar-refractivity contribution in [2.24, 2.45) is 0 Å². The summed E-state index contributed by atoms with van der Waals surface area (Å²) in [5, 5.41) is 16.6. The molecule has 3 aromatic rings. The summed E-state index contributed by atoms with van der Waals surface area (Å²) >= 11 is 1.57. The molecule has 0 fully saturated rings. The number of nitrogens with zero attached hydrogens (tertiary/aromatic N) is 3. The fourth-order valence-corrected chi connectivity index (χ4v) is 2.37. The van der Waals surface area contributed by atoms with Crippen LogP contribution in [0, 0.1) is 17.0 Å². The molecular formula is C12H10N4O3S. The lowest BCUT2D eigenvalue weighted by molar-refractivity contribution is -0.384. The van der Waals surface area contributed by atoms with Gasteiger partial charge in [0.2, 0.25) is 0 Å². The Morgan fingerprint density at radius 2 is 2.30 bits per heavy atom. The molecule has 1 N–H and O–H groups in total. The van der Waals surface area contributed by atoms with Crippen molar-refractivity contribution in [2.75, 3.05) is 5.32 Å². The molecule has 7 nitrogen and oxygen atoms in total. The number of aromatic nitrogens is 2. The molecule has 0 unspecified atom stereocenters. The number of non-ortho nitro benzene ring substituents is 1. The first-order valence-corrected chi connectivity index (χ1v) is 6.69. The Morgan fingerprint density at radius 1 is 1.45 bits per heavy atom. The summed E-state index contributed by atoms with van der Waals surface area (Å²) in [6, 6.07) is 4.65. The third-order valence-electron chi connectivity index (χ3n) is 2.67. The highest BCUT2D eigenvalue weighted by Crippen LogP contribution is 2.23. The van der Waals surface area contributed by atoms with E-state index < -0.39 is 4.92 Å². The van der Waals surface area contributed by atoms with E-state index in [-0.39, 0.29) is 5.69 Å². The van der Waals surface area contributed by atoms with Gasteiger partial charge in [0.1, 0.15) is 5.52 Å². The molecule has 0 saturated heterocycles. The van der Waals surface area contributed by atoms with Gasteiger partial charge >= 0.3 is 0 Å². The normalized spacial score (nSPS) is 10.8. The Balaban J connectivity index is 1.80. The van der Waals surface area contributed by atoms with Crippen LogP contribution in [0.25, 0.3) is 11.1 Å². The van der Waals surface area contributed by atoms with Crippen LogP contribution < -0.4 is 5.32 Å². The lowest BCUT2D eigenvalue weighted by Crippen LogP contribution is -1.99. The van der Waals surface area contributed by atoms with Crippen LogP contribution in [0.5, 0.6) is 0 Å². The van der Waals surface area contributed by atoms with E-state index in [2.05, 4.69) is 15.3 Å². The first-order chi connectivity index (χ1) is 9.61. The zero-order valence-electron chi connectivity index (χ0n) is 10.5. The van der Waals surface area contributed by atoms with Crippen LogP contribution in [0.3, 0.4) is 0 Å². The third kappa shape index (κ3) is 2.45. The fraction of sp³-hybridized carbons (Fsp3) is 0.167. The van der Waals surface area contributed by atoms with Crippen molar-refractivity contribution in [2.45, 2.75) is 13.5 Å². The molecule has 3 rings (SSSR count). The number of hydrogen-bond acceptors (Lipinski definition) is 7. The number of oxazole rings is 1. The minimum absolute atomic E-state index is 0.0182. The number of nitrogens with one attached hydrogen (secondary N) is 1. The van der Waals surface area contributed by atoms with E-state index in [1.54, 1.807) is 17.4 Å². The van der Waals surface area contributed by atoms with Crippen molar-refractivity contribution in [3.8, 4) is 0 Å². The number of rotatable bonds is 4. The Hall–Kier alpha value is -2.48. The second-order valence-electron chi connectivity index (χ2n) is 4.14. The molecule has 0 bridgehead atoms. The zero-order valence-corrected chi connectivity index (χ0v) is 11.3. The van der Waals surface area contributed by atoms with Crippen molar-refractivity contribution >= 4 is 34.1 Å². The molecule has 0 atom stereocenters. The van der Waals surface area contributed by atoms with Crippen molar-refractivity contribution in [1.29, 1.82) is 0 Å². The molecule has 0 saturated carbocycles. The van der Waals surface area contributed by atoms with Gasteiger partial charge in [-0.2, -0.15) is 4.98 Å². The van der Waals surface area contributed by atoms with Gasteiger partial charge in [0.05, 0.1) is 28.2 Å². The highest BCUT2D eigenvalue weighted by atomic mass is 32.1. The van der Waals surface area contributed by atoms with E-state index in [1.165, 1.54) is 12.1 Å². The predicted molar refractivity (Wildman–Crippen MR) is 74.8 cm³/mol. The SMILES string of the molecule is Cc1nc(CNc2nc3ccc([N+](=O)[O-])cc3o2)cs1. The van der Waals surface area contributed by atoms with Crippen molar-refractivity contribution < 1.29 is 9.34 Å². The van der Waals surface area contributed by atoms with E-state index in [1.807, 2.05) is 12.3 Å². The maximum atomic E-state index is 10.7. The van der Waals surface area contributed by atoms with Gasteiger partial charge in [-0.3, -0.25) is 10.1 Å². The molecule has 20 heavy (non-hydrogen) atoms. The molecule has 0 amide bonds. The summed E-state index contributed by atoms with van der Waals surface area (Å²) < 4.78 is 5.44. The number of hydrogen-bond donors (Lipinski definition) is 1. The molecule has 102 valence electrons. The summed E-state index contributed by atoms with van der Waals surface area (Å²) in [5.41, 5.74) is 1.85. The molecule has 0 aliphatic rings. The summed E-state index contributed by atoms with van der Waals surface area (Å²) in [5.74, 6) is 0. The molecule has 8 heteroatoms.